The number of nitrogens with two attached hydrogens (primary N) is 1. The zero-order chi connectivity index (χ0) is 15.0. The maximum atomic E-state index is 13.8. The summed E-state index contributed by atoms with van der Waals surface area (Å²) in [5.41, 5.74) is 6.73. The molecule has 0 spiro atoms. The first-order valence-corrected chi connectivity index (χ1v) is 8.05. The first-order valence-electron chi connectivity index (χ1n) is 6.37. The first kappa shape index (κ1) is 14.5. The summed E-state index contributed by atoms with van der Waals surface area (Å²) in [6.45, 7) is 1.91. The molecule has 0 saturated carbocycles. The van der Waals surface area contributed by atoms with Crippen molar-refractivity contribution >= 4 is 32.2 Å². The van der Waals surface area contributed by atoms with Crippen LogP contribution >= 0.6 is 27.3 Å². The molecule has 0 radical (unpaired) electrons. The van der Waals surface area contributed by atoms with Crippen LogP contribution in [-0.4, -0.2) is 15.4 Å². The minimum absolute atomic E-state index is 0.0421. The van der Waals surface area contributed by atoms with Crippen molar-refractivity contribution in [1.29, 1.82) is 0 Å². The van der Waals surface area contributed by atoms with Crippen LogP contribution < -0.4 is 10.5 Å². The quantitative estimate of drug-likeness (QED) is 0.756. The smallest absolute Gasteiger partial charge is 0.242 e. The Kier molecular flexibility index (Phi) is 3.97. The number of halogens is 2. The molecule has 0 bridgehead atoms. The van der Waals surface area contributed by atoms with Gasteiger partial charge in [-0.15, -0.1) is 11.3 Å². The monoisotopic (exact) mass is 369 g/mol. The van der Waals surface area contributed by atoms with Crippen molar-refractivity contribution in [2.45, 2.75) is 19.4 Å². The van der Waals surface area contributed by atoms with Crippen molar-refractivity contribution in [3.63, 3.8) is 0 Å². The van der Waals surface area contributed by atoms with Gasteiger partial charge in [0.1, 0.15) is 0 Å². The van der Waals surface area contributed by atoms with E-state index in [0.29, 0.717) is 12.3 Å². The van der Waals surface area contributed by atoms with E-state index in [1.165, 1.54) is 17.4 Å². The van der Waals surface area contributed by atoms with Crippen molar-refractivity contribution in [3.8, 4) is 11.6 Å². The third-order valence-corrected chi connectivity index (χ3v) is 4.19. The van der Waals surface area contributed by atoms with Gasteiger partial charge in [0.15, 0.2) is 16.5 Å². The van der Waals surface area contributed by atoms with Gasteiger partial charge >= 0.3 is 0 Å². The lowest BCUT2D eigenvalue weighted by Gasteiger charge is -2.09. The van der Waals surface area contributed by atoms with Gasteiger partial charge in [-0.05, 0) is 25.1 Å². The molecule has 2 aromatic heterocycles. The second-order valence-electron chi connectivity index (χ2n) is 4.78. The minimum Gasteiger partial charge on any atom is -0.434 e. The second-order valence-corrected chi connectivity index (χ2v) is 6.57. The highest BCUT2D eigenvalue weighted by molar-refractivity contribution is 9.10. The number of nitrogens with zero attached hydrogens (tertiary/aromatic N) is 2. The first-order chi connectivity index (χ1) is 10.0. The fraction of sp³-hybridized carbons (Fsp3) is 0.214. The molecule has 0 aliphatic heterocycles. The van der Waals surface area contributed by atoms with Gasteiger partial charge in [-0.2, -0.15) is 4.98 Å². The largest absolute Gasteiger partial charge is 0.434 e. The number of thiazole rings is 1. The van der Waals surface area contributed by atoms with Crippen LogP contribution in [0, 0.1) is 5.82 Å². The van der Waals surface area contributed by atoms with Gasteiger partial charge in [0.2, 0.25) is 5.88 Å². The lowest BCUT2D eigenvalue weighted by molar-refractivity contribution is 0.423. The SMILES string of the molecule is CC(N)Cc1c(Oc2cc(Br)ccc2F)nc2sccn12. The van der Waals surface area contributed by atoms with Crippen molar-refractivity contribution < 1.29 is 9.13 Å². The van der Waals surface area contributed by atoms with Gasteiger partial charge in [0.05, 0.1) is 5.69 Å². The zero-order valence-electron chi connectivity index (χ0n) is 11.2. The standard InChI is InChI=1S/C14H13BrFN3OS/c1-8(17)6-11-13(18-14-19(11)4-5-21-14)20-12-7-9(15)2-3-10(12)16/h2-5,7-8H,6,17H2,1H3. The van der Waals surface area contributed by atoms with Crippen LogP contribution in [0.1, 0.15) is 12.6 Å². The van der Waals surface area contributed by atoms with Gasteiger partial charge in [-0.25, -0.2) is 4.39 Å². The topological polar surface area (TPSA) is 52.5 Å². The number of benzene rings is 1. The predicted octanol–water partition coefficient (Wildman–Crippen LogP) is 3.98. The molecule has 2 heterocycles. The molecule has 0 fully saturated rings. The molecule has 1 atom stereocenters. The number of aromatic nitrogens is 2. The highest BCUT2D eigenvalue weighted by Crippen LogP contribution is 2.31. The number of imidazole rings is 1. The van der Waals surface area contributed by atoms with Crippen molar-refractivity contribution in [2.75, 3.05) is 0 Å². The molecule has 0 aliphatic carbocycles. The van der Waals surface area contributed by atoms with Crippen LogP contribution in [0.15, 0.2) is 34.2 Å². The Morgan fingerprint density at radius 2 is 2.33 bits per heavy atom. The van der Waals surface area contributed by atoms with Gasteiger partial charge in [-0.3, -0.25) is 4.40 Å². The van der Waals surface area contributed by atoms with E-state index < -0.39 is 5.82 Å². The number of ether oxygens (including phenoxy) is 1. The summed E-state index contributed by atoms with van der Waals surface area (Å²) in [6.07, 6.45) is 2.51. The minimum atomic E-state index is -0.429. The highest BCUT2D eigenvalue weighted by Gasteiger charge is 2.18. The molecular formula is C14H13BrFN3OS. The maximum Gasteiger partial charge on any atom is 0.242 e. The molecule has 4 nitrogen and oxygen atoms in total. The number of hydrogen-bond acceptors (Lipinski definition) is 4. The number of fused-ring (bicyclic) bond motifs is 1. The van der Waals surface area contributed by atoms with Crippen molar-refractivity contribution in [3.05, 3.63) is 45.8 Å². The predicted molar refractivity (Wildman–Crippen MR) is 84.6 cm³/mol. The molecule has 7 heteroatoms. The van der Waals surface area contributed by atoms with E-state index in [1.54, 1.807) is 12.1 Å². The van der Waals surface area contributed by atoms with Gasteiger partial charge in [-0.1, -0.05) is 15.9 Å². The van der Waals surface area contributed by atoms with Crippen molar-refractivity contribution in [1.82, 2.24) is 9.38 Å². The summed E-state index contributed by atoms with van der Waals surface area (Å²) in [4.78, 5) is 5.22. The fourth-order valence-corrected chi connectivity index (χ4v) is 3.11. The molecule has 3 aromatic rings. The average Bonchev–Trinajstić information content (AvgIpc) is 2.97. The van der Waals surface area contributed by atoms with E-state index in [2.05, 4.69) is 20.9 Å². The molecule has 0 saturated heterocycles. The molecule has 3 rings (SSSR count). The Balaban J connectivity index is 2.03. The Bertz CT molecular complexity index is 784. The normalized spacial score (nSPS) is 12.8. The van der Waals surface area contributed by atoms with E-state index >= 15 is 0 Å². The molecule has 110 valence electrons. The molecule has 1 aromatic carbocycles. The summed E-state index contributed by atoms with van der Waals surface area (Å²) < 4.78 is 22.2. The van der Waals surface area contributed by atoms with Crippen molar-refractivity contribution in [2.24, 2.45) is 5.73 Å². The lowest BCUT2D eigenvalue weighted by atomic mass is 10.2. The van der Waals surface area contributed by atoms with Crippen LogP contribution in [0.5, 0.6) is 11.6 Å². The van der Waals surface area contributed by atoms with Crippen LogP contribution in [-0.2, 0) is 6.42 Å². The summed E-state index contributed by atoms with van der Waals surface area (Å²) in [5, 5.41) is 1.94. The molecule has 2 N–H and O–H groups in total. The zero-order valence-corrected chi connectivity index (χ0v) is 13.6. The Labute approximate surface area is 133 Å². The van der Waals surface area contributed by atoms with Crippen LogP contribution in [0.25, 0.3) is 4.96 Å². The van der Waals surface area contributed by atoms with Crippen LogP contribution in [0.3, 0.4) is 0 Å². The molecule has 1 unspecified atom stereocenters. The lowest BCUT2D eigenvalue weighted by Crippen LogP contribution is -2.19. The van der Waals surface area contributed by atoms with E-state index in [9.17, 15) is 4.39 Å². The van der Waals surface area contributed by atoms with E-state index in [1.807, 2.05) is 22.9 Å². The fourth-order valence-electron chi connectivity index (χ4n) is 2.04. The van der Waals surface area contributed by atoms with Gasteiger partial charge < -0.3 is 10.5 Å². The van der Waals surface area contributed by atoms with E-state index in [0.717, 1.165) is 15.1 Å². The maximum absolute atomic E-state index is 13.8. The Hall–Kier alpha value is -1.44. The number of hydrogen-bond donors (Lipinski definition) is 1. The van der Waals surface area contributed by atoms with Gasteiger partial charge in [0.25, 0.3) is 0 Å². The summed E-state index contributed by atoms with van der Waals surface area (Å²) >= 11 is 4.80. The molecule has 0 aliphatic rings. The van der Waals surface area contributed by atoms with E-state index in [4.69, 9.17) is 10.5 Å². The molecule has 21 heavy (non-hydrogen) atoms. The van der Waals surface area contributed by atoms with Gasteiger partial charge in [0, 0.05) is 28.5 Å². The van der Waals surface area contributed by atoms with Crippen LogP contribution in [0.2, 0.25) is 0 Å². The second kappa shape index (κ2) is 5.75. The Morgan fingerprint density at radius 1 is 1.52 bits per heavy atom. The molecular weight excluding hydrogens is 357 g/mol. The Morgan fingerprint density at radius 3 is 3.10 bits per heavy atom. The third-order valence-electron chi connectivity index (χ3n) is 2.94. The van der Waals surface area contributed by atoms with Crippen LogP contribution in [0.4, 0.5) is 4.39 Å². The highest BCUT2D eigenvalue weighted by atomic mass is 79.9. The summed E-state index contributed by atoms with van der Waals surface area (Å²) in [5.74, 6) is 0.110. The number of rotatable bonds is 4. The summed E-state index contributed by atoms with van der Waals surface area (Å²) in [6, 6.07) is 4.51. The average molecular weight is 370 g/mol. The van der Waals surface area contributed by atoms with E-state index in [-0.39, 0.29) is 11.8 Å². The summed E-state index contributed by atoms with van der Waals surface area (Å²) in [7, 11) is 0. The molecule has 0 amide bonds. The third kappa shape index (κ3) is 2.95.